The Morgan fingerprint density at radius 3 is 2.66 bits per heavy atom. The lowest BCUT2D eigenvalue weighted by atomic mass is 9.95. The van der Waals surface area contributed by atoms with E-state index in [-0.39, 0.29) is 30.5 Å². The molecule has 8 nitrogen and oxygen atoms in total. The van der Waals surface area contributed by atoms with Crippen molar-refractivity contribution < 1.29 is 14.0 Å². The van der Waals surface area contributed by atoms with Crippen LogP contribution in [0.15, 0.2) is 48.7 Å². The molecule has 9 heteroatoms. The number of likely N-dealkylation sites (tertiary alicyclic amines) is 1. The Labute approximate surface area is 221 Å². The third-order valence-electron chi connectivity index (χ3n) is 7.94. The van der Waals surface area contributed by atoms with Crippen LogP contribution in [0.4, 0.5) is 21.6 Å². The fourth-order valence-corrected chi connectivity index (χ4v) is 5.50. The quantitative estimate of drug-likeness (QED) is 0.513. The Morgan fingerprint density at radius 1 is 1.11 bits per heavy atom. The van der Waals surface area contributed by atoms with Crippen molar-refractivity contribution in [1.29, 1.82) is 0 Å². The van der Waals surface area contributed by atoms with Crippen molar-refractivity contribution >= 4 is 29.0 Å². The highest BCUT2D eigenvalue weighted by Crippen LogP contribution is 2.36. The molecular formula is C29H33FN6O2. The number of hydrogen-bond acceptors (Lipinski definition) is 5. The number of rotatable bonds is 6. The predicted octanol–water partition coefficient (Wildman–Crippen LogP) is 4.20. The molecule has 3 aliphatic rings. The first-order valence-corrected chi connectivity index (χ1v) is 13.4. The molecule has 0 spiro atoms. The number of fused-ring (bicyclic) bond motifs is 2. The van der Waals surface area contributed by atoms with Crippen molar-refractivity contribution in [2.24, 2.45) is 18.9 Å². The van der Waals surface area contributed by atoms with Gasteiger partial charge in [-0.2, -0.15) is 5.10 Å². The van der Waals surface area contributed by atoms with Gasteiger partial charge in [0.1, 0.15) is 11.6 Å². The Morgan fingerprint density at radius 2 is 1.89 bits per heavy atom. The van der Waals surface area contributed by atoms with Crippen molar-refractivity contribution in [1.82, 2.24) is 20.0 Å². The Kier molecular flexibility index (Phi) is 6.61. The minimum atomic E-state index is -0.601. The molecule has 2 aromatic carbocycles. The lowest BCUT2D eigenvalue weighted by Crippen LogP contribution is -2.41. The number of carbonyl (C=O) groups excluding carboxylic acids is 2. The van der Waals surface area contributed by atoms with E-state index in [4.69, 9.17) is 0 Å². The molecule has 2 N–H and O–H groups in total. The molecule has 3 aromatic rings. The number of hydrogen-bond donors (Lipinski definition) is 2. The highest BCUT2D eigenvalue weighted by molar-refractivity contribution is 6.08. The Bertz CT molecular complexity index is 1360. The Hall–Kier alpha value is -3.72. The van der Waals surface area contributed by atoms with Crippen LogP contribution in [0.2, 0.25) is 0 Å². The van der Waals surface area contributed by atoms with E-state index in [2.05, 4.69) is 20.6 Å². The molecule has 38 heavy (non-hydrogen) atoms. The number of aromatic nitrogens is 2. The van der Waals surface area contributed by atoms with Crippen LogP contribution < -0.4 is 15.5 Å². The number of halogens is 1. The zero-order valence-electron chi connectivity index (χ0n) is 21.6. The van der Waals surface area contributed by atoms with Gasteiger partial charge in [-0.25, -0.2) is 4.39 Å². The molecule has 0 unspecified atom stereocenters. The molecule has 0 radical (unpaired) electrons. The van der Waals surface area contributed by atoms with Gasteiger partial charge in [-0.1, -0.05) is 18.2 Å². The van der Waals surface area contributed by atoms with Gasteiger partial charge < -0.3 is 20.4 Å². The van der Waals surface area contributed by atoms with Gasteiger partial charge in [-0.05, 0) is 74.5 Å². The summed E-state index contributed by atoms with van der Waals surface area (Å²) in [5.41, 5.74) is 2.89. The summed E-state index contributed by atoms with van der Waals surface area (Å²) in [6.45, 7) is 3.61. The SMILES string of the molecule is Cn1ncc2c1Nc1ccccc1N(C(=O)c1ccc(CNC(=O)C3CCN(CC4CC4)CC3)cc1F)C2. The molecule has 2 amide bonds. The average Bonchev–Trinajstić information content (AvgIpc) is 3.71. The van der Waals surface area contributed by atoms with E-state index in [9.17, 15) is 9.59 Å². The third kappa shape index (κ3) is 5.03. The second kappa shape index (κ2) is 10.2. The number of piperidine rings is 1. The summed E-state index contributed by atoms with van der Waals surface area (Å²) in [7, 11) is 1.83. The van der Waals surface area contributed by atoms with Crippen molar-refractivity contribution in [2.75, 3.05) is 29.9 Å². The molecule has 0 bridgehead atoms. The monoisotopic (exact) mass is 516 g/mol. The van der Waals surface area contributed by atoms with Crippen LogP contribution in [0.5, 0.6) is 0 Å². The normalized spacial score (nSPS) is 17.8. The number of carbonyl (C=O) groups is 2. The van der Waals surface area contributed by atoms with Gasteiger partial charge in [0, 0.05) is 31.6 Å². The second-order valence-corrected chi connectivity index (χ2v) is 10.7. The predicted molar refractivity (Wildman–Crippen MR) is 144 cm³/mol. The molecule has 2 fully saturated rings. The number of anilines is 3. The van der Waals surface area contributed by atoms with Gasteiger partial charge in [0.05, 0.1) is 29.7 Å². The first kappa shape index (κ1) is 24.6. The van der Waals surface area contributed by atoms with Crippen molar-refractivity contribution in [3.63, 3.8) is 0 Å². The van der Waals surface area contributed by atoms with E-state index in [1.165, 1.54) is 31.5 Å². The molecule has 6 rings (SSSR count). The fraction of sp³-hybridized carbons (Fsp3) is 0.414. The number of amides is 2. The van der Waals surface area contributed by atoms with Crippen LogP contribution in [0.1, 0.15) is 47.2 Å². The van der Waals surface area contributed by atoms with Crippen LogP contribution in [-0.4, -0.2) is 46.1 Å². The summed E-state index contributed by atoms with van der Waals surface area (Å²) in [6.07, 6.45) is 6.13. The molecule has 1 saturated heterocycles. The van der Waals surface area contributed by atoms with Crippen LogP contribution >= 0.6 is 0 Å². The average molecular weight is 517 g/mol. The summed E-state index contributed by atoms with van der Waals surface area (Å²) in [4.78, 5) is 30.4. The molecule has 198 valence electrons. The fourth-order valence-electron chi connectivity index (χ4n) is 5.50. The first-order valence-electron chi connectivity index (χ1n) is 13.4. The van der Waals surface area contributed by atoms with Gasteiger partial charge in [0.25, 0.3) is 5.91 Å². The van der Waals surface area contributed by atoms with E-state index >= 15 is 4.39 Å². The summed E-state index contributed by atoms with van der Waals surface area (Å²) in [6, 6.07) is 12.1. The van der Waals surface area contributed by atoms with Crippen LogP contribution in [-0.2, 0) is 24.9 Å². The lowest BCUT2D eigenvalue weighted by Gasteiger charge is -2.31. The highest BCUT2D eigenvalue weighted by Gasteiger charge is 2.30. The lowest BCUT2D eigenvalue weighted by molar-refractivity contribution is -0.126. The van der Waals surface area contributed by atoms with E-state index in [0.717, 1.165) is 48.9 Å². The van der Waals surface area contributed by atoms with E-state index in [0.29, 0.717) is 11.3 Å². The number of nitrogens with zero attached hydrogens (tertiary/aromatic N) is 4. The van der Waals surface area contributed by atoms with Crippen LogP contribution in [0.3, 0.4) is 0 Å². The van der Waals surface area contributed by atoms with Crippen molar-refractivity contribution in [3.05, 3.63) is 71.2 Å². The maximum Gasteiger partial charge on any atom is 0.261 e. The van der Waals surface area contributed by atoms with Crippen molar-refractivity contribution in [2.45, 2.75) is 38.8 Å². The summed E-state index contributed by atoms with van der Waals surface area (Å²) < 4.78 is 17.0. The molecule has 1 aliphatic carbocycles. The zero-order valence-corrected chi connectivity index (χ0v) is 21.6. The first-order chi connectivity index (χ1) is 18.5. The maximum absolute atomic E-state index is 15.3. The topological polar surface area (TPSA) is 82.5 Å². The van der Waals surface area contributed by atoms with Gasteiger partial charge >= 0.3 is 0 Å². The number of benzene rings is 2. The number of nitrogens with one attached hydrogen (secondary N) is 2. The van der Waals surface area contributed by atoms with Crippen molar-refractivity contribution in [3.8, 4) is 0 Å². The summed E-state index contributed by atoms with van der Waals surface area (Å²) in [5, 5.41) is 10.6. The Balaban J connectivity index is 1.12. The van der Waals surface area contributed by atoms with E-state index in [1.54, 1.807) is 21.8 Å². The standard InChI is InChI=1S/C29H33FN6O2/c1-34-27-22(16-32-34)18-36(26-5-3-2-4-25(26)33-27)29(38)23-9-8-20(14-24(23)30)15-31-28(37)21-10-12-35(13-11-21)17-19-6-7-19/h2-5,8-9,14,16,19,21,33H,6-7,10-13,15,17-18H2,1H3,(H,31,37). The second-order valence-electron chi connectivity index (χ2n) is 10.7. The minimum absolute atomic E-state index is 0.00484. The number of para-hydroxylation sites is 2. The van der Waals surface area contributed by atoms with E-state index < -0.39 is 11.7 Å². The molecule has 2 aliphatic heterocycles. The van der Waals surface area contributed by atoms with Crippen LogP contribution in [0.25, 0.3) is 0 Å². The maximum atomic E-state index is 15.3. The van der Waals surface area contributed by atoms with Gasteiger partial charge in [-0.3, -0.25) is 14.3 Å². The van der Waals surface area contributed by atoms with Crippen LogP contribution in [0, 0.1) is 17.7 Å². The molecule has 3 heterocycles. The smallest absolute Gasteiger partial charge is 0.261 e. The summed E-state index contributed by atoms with van der Waals surface area (Å²) in [5.74, 6) is 0.664. The van der Waals surface area contributed by atoms with E-state index in [1.807, 2.05) is 31.3 Å². The minimum Gasteiger partial charge on any atom is -0.352 e. The van der Waals surface area contributed by atoms with Gasteiger partial charge in [0.15, 0.2) is 0 Å². The summed E-state index contributed by atoms with van der Waals surface area (Å²) >= 11 is 0. The van der Waals surface area contributed by atoms with Gasteiger partial charge in [0.2, 0.25) is 5.91 Å². The molecular weight excluding hydrogens is 483 g/mol. The molecule has 0 atom stereocenters. The largest absolute Gasteiger partial charge is 0.352 e. The number of aryl methyl sites for hydroxylation is 1. The molecule has 1 aromatic heterocycles. The molecule has 1 saturated carbocycles. The highest BCUT2D eigenvalue weighted by atomic mass is 19.1. The zero-order chi connectivity index (χ0) is 26.2. The van der Waals surface area contributed by atoms with Gasteiger partial charge in [-0.15, -0.1) is 0 Å². The third-order valence-corrected chi connectivity index (χ3v) is 7.94.